The topological polar surface area (TPSA) is 267 Å². The Hall–Kier alpha value is -5.70. The predicted octanol–water partition coefficient (Wildman–Crippen LogP) is 4.78. The van der Waals surface area contributed by atoms with Crippen LogP contribution < -0.4 is 16.0 Å². The van der Waals surface area contributed by atoms with Crippen LogP contribution in [0.2, 0.25) is 0 Å². The first-order chi connectivity index (χ1) is 27.5. The van der Waals surface area contributed by atoms with Crippen molar-refractivity contribution < 1.29 is 63.3 Å². The minimum absolute atomic E-state index is 0.0796. The first-order valence-corrected chi connectivity index (χ1v) is 20.7. The lowest BCUT2D eigenvalue weighted by molar-refractivity contribution is -0.147. The molecule has 20 heteroatoms. The molecule has 0 aromatic carbocycles. The Morgan fingerprint density at radius 3 is 1.55 bits per heavy atom. The van der Waals surface area contributed by atoms with E-state index in [2.05, 4.69) is 16.0 Å². The van der Waals surface area contributed by atoms with E-state index in [0.717, 1.165) is 29.3 Å². The molecule has 58 heavy (non-hydrogen) atoms. The second-order valence-corrected chi connectivity index (χ2v) is 17.1. The van der Waals surface area contributed by atoms with Gasteiger partial charge in [-0.1, -0.05) is 0 Å². The summed E-state index contributed by atoms with van der Waals surface area (Å²) >= 11 is 5.58. The van der Waals surface area contributed by atoms with Crippen LogP contribution >= 0.6 is 45.3 Å². The molecule has 0 bridgehead atoms. The van der Waals surface area contributed by atoms with Crippen molar-refractivity contribution in [3.63, 3.8) is 0 Å². The molecule has 4 aromatic rings. The van der Waals surface area contributed by atoms with Crippen LogP contribution in [0.15, 0.2) is 48.5 Å². The van der Waals surface area contributed by atoms with Crippen molar-refractivity contribution in [1.82, 2.24) is 16.0 Å². The summed E-state index contributed by atoms with van der Waals surface area (Å²) in [7, 11) is 0. The molecule has 6 N–H and O–H groups in total. The Labute approximate surface area is 346 Å². The lowest BCUT2D eigenvalue weighted by Crippen LogP contribution is -2.42. The second kappa shape index (κ2) is 21.2. The number of ketones is 4. The number of carbonyl (C=O) groups is 10. The molecule has 0 aliphatic heterocycles. The van der Waals surface area contributed by atoms with Crippen LogP contribution in [0.4, 0.5) is 0 Å². The van der Waals surface area contributed by atoms with E-state index in [4.69, 9.17) is 15.3 Å². The van der Waals surface area contributed by atoms with E-state index in [9.17, 15) is 47.9 Å². The van der Waals surface area contributed by atoms with Crippen LogP contribution in [0.5, 0.6) is 0 Å². The van der Waals surface area contributed by atoms with Crippen LogP contribution in [0.1, 0.15) is 71.2 Å². The van der Waals surface area contributed by atoms with Crippen LogP contribution in [0.25, 0.3) is 29.3 Å². The van der Waals surface area contributed by atoms with Crippen molar-refractivity contribution in [1.29, 1.82) is 0 Å². The Bertz CT molecular complexity index is 2080. The average molecular weight is 872 g/mol. The van der Waals surface area contributed by atoms with Gasteiger partial charge in [0.15, 0.2) is 17.3 Å². The zero-order chi connectivity index (χ0) is 42.5. The third-order valence-electron chi connectivity index (χ3n) is 8.27. The number of carboxylic acids is 3. The van der Waals surface area contributed by atoms with Gasteiger partial charge in [-0.05, 0) is 55.5 Å². The number of carboxylic acid groups (broad SMARTS) is 3. The Balaban J connectivity index is 1.23. The first kappa shape index (κ1) is 45.0. The number of carbonyl (C=O) groups excluding carboxylic acids is 7. The van der Waals surface area contributed by atoms with Crippen molar-refractivity contribution in [2.24, 2.45) is 5.92 Å². The predicted molar refractivity (Wildman–Crippen MR) is 215 cm³/mol. The fourth-order valence-corrected chi connectivity index (χ4v) is 9.40. The zero-order valence-corrected chi connectivity index (χ0v) is 34.0. The highest BCUT2D eigenvalue weighted by molar-refractivity contribution is 7.29. The number of hydrogen-bond donors (Lipinski definition) is 6. The highest BCUT2D eigenvalue weighted by atomic mass is 32.1. The Morgan fingerprint density at radius 2 is 1.02 bits per heavy atom. The van der Waals surface area contributed by atoms with Gasteiger partial charge in [0.1, 0.15) is 11.8 Å². The highest BCUT2D eigenvalue weighted by Gasteiger charge is 2.24. The molecule has 0 radical (unpaired) electrons. The maximum atomic E-state index is 12.8. The summed E-state index contributed by atoms with van der Waals surface area (Å²) < 4.78 is 0. The normalized spacial score (nSPS) is 11.9. The number of thiophene rings is 4. The summed E-state index contributed by atoms with van der Waals surface area (Å²) in [6.45, 7) is 0.489. The Morgan fingerprint density at radius 1 is 0.534 bits per heavy atom. The van der Waals surface area contributed by atoms with Crippen LogP contribution in [-0.2, 0) is 38.4 Å². The van der Waals surface area contributed by atoms with E-state index in [1.807, 2.05) is 30.3 Å². The monoisotopic (exact) mass is 871 g/mol. The summed E-state index contributed by atoms with van der Waals surface area (Å²) in [6, 6.07) is 13.1. The van der Waals surface area contributed by atoms with Crippen LogP contribution in [0, 0.1) is 5.92 Å². The lowest BCUT2D eigenvalue weighted by Gasteiger charge is -2.12. The molecule has 0 fully saturated rings. The molecule has 0 saturated heterocycles. The third-order valence-corrected chi connectivity index (χ3v) is 13.2. The highest BCUT2D eigenvalue weighted by Crippen LogP contribution is 2.43. The van der Waals surface area contributed by atoms with E-state index in [0.29, 0.717) is 9.75 Å². The molecular formula is C38H37N3O13S4. The SMILES string of the molecule is CC(=O)[C@H](CC(=O)O)CC(=O)CNC(=O)CCC(=O)c1ccc(-c2ccc(-c3ccc(-c4ccc(C(=O)NCC(=O)CCC(=O)N[C@@H](CC(=O)O)C(=O)O)s4)s3)s2)s1. The van der Waals surface area contributed by atoms with Crippen molar-refractivity contribution in [2.45, 2.75) is 57.9 Å². The lowest BCUT2D eigenvalue weighted by atomic mass is 9.95. The summed E-state index contributed by atoms with van der Waals surface area (Å²) in [4.78, 5) is 125. The smallest absolute Gasteiger partial charge is 0.326 e. The number of hydrogen-bond acceptors (Lipinski definition) is 14. The van der Waals surface area contributed by atoms with E-state index in [1.165, 1.54) is 52.3 Å². The molecule has 0 unspecified atom stereocenters. The van der Waals surface area contributed by atoms with Gasteiger partial charge in [0, 0.05) is 67.3 Å². The number of aliphatic carboxylic acids is 3. The number of amides is 3. The van der Waals surface area contributed by atoms with Crippen LogP contribution in [-0.4, -0.2) is 93.2 Å². The van der Waals surface area contributed by atoms with Crippen molar-refractivity contribution in [3.05, 3.63) is 58.3 Å². The van der Waals surface area contributed by atoms with Crippen molar-refractivity contribution in [3.8, 4) is 29.3 Å². The molecule has 0 aliphatic rings. The first-order valence-electron chi connectivity index (χ1n) is 17.5. The summed E-state index contributed by atoms with van der Waals surface area (Å²) in [6.07, 6.45) is -2.46. The number of nitrogens with one attached hydrogen (secondary N) is 3. The molecule has 4 rings (SSSR count). The average Bonchev–Trinajstić information content (AvgIpc) is 4.00. The van der Waals surface area contributed by atoms with Gasteiger partial charge in [0.25, 0.3) is 5.91 Å². The van der Waals surface area contributed by atoms with E-state index in [1.54, 1.807) is 18.2 Å². The molecule has 3 amide bonds. The van der Waals surface area contributed by atoms with Gasteiger partial charge in [-0.3, -0.25) is 43.2 Å². The molecule has 0 spiro atoms. The molecule has 306 valence electrons. The minimum Gasteiger partial charge on any atom is -0.481 e. The zero-order valence-electron chi connectivity index (χ0n) is 30.7. The molecule has 4 aromatic heterocycles. The van der Waals surface area contributed by atoms with Gasteiger partial charge in [-0.25, -0.2) is 4.79 Å². The molecule has 16 nitrogen and oxygen atoms in total. The minimum atomic E-state index is -1.62. The fourth-order valence-electron chi connectivity index (χ4n) is 5.22. The van der Waals surface area contributed by atoms with E-state index >= 15 is 0 Å². The van der Waals surface area contributed by atoms with E-state index in [-0.39, 0.29) is 51.0 Å². The number of rotatable bonds is 24. The van der Waals surface area contributed by atoms with Gasteiger partial charge in [-0.2, -0.15) is 0 Å². The van der Waals surface area contributed by atoms with Gasteiger partial charge in [0.05, 0.1) is 35.7 Å². The van der Waals surface area contributed by atoms with Gasteiger partial charge in [-0.15, -0.1) is 45.3 Å². The van der Waals surface area contributed by atoms with Crippen molar-refractivity contribution in [2.75, 3.05) is 13.1 Å². The summed E-state index contributed by atoms with van der Waals surface area (Å²) in [5.41, 5.74) is 0. The number of Topliss-reactive ketones (excluding diaryl/α,β-unsaturated/α-hetero) is 4. The molecule has 4 heterocycles. The maximum Gasteiger partial charge on any atom is 0.326 e. The third kappa shape index (κ3) is 13.7. The largest absolute Gasteiger partial charge is 0.481 e. The van der Waals surface area contributed by atoms with Gasteiger partial charge in [0.2, 0.25) is 11.8 Å². The summed E-state index contributed by atoms with van der Waals surface area (Å²) in [5.74, 6) is -8.49. The van der Waals surface area contributed by atoms with Gasteiger partial charge < -0.3 is 31.3 Å². The summed E-state index contributed by atoms with van der Waals surface area (Å²) in [5, 5.41) is 33.7. The maximum absolute atomic E-state index is 12.8. The molecular weight excluding hydrogens is 835 g/mol. The molecule has 0 saturated carbocycles. The quantitative estimate of drug-likeness (QED) is 0.0519. The van der Waals surface area contributed by atoms with E-state index < -0.39 is 77.8 Å². The molecule has 0 aliphatic carbocycles. The Kier molecular flexibility index (Phi) is 16.4. The standard InChI is InChI=1S/C38H37N3O13S4/c1-19(42)20(15-35(48)49)14-22(44)18-39-33(46)13-3-24(45)25-4-5-26(55-25)27-6-7-28(56-27)29-8-9-30(57-29)31-10-11-32(58-31)37(52)40-17-21(43)2-12-34(47)41-23(38(53)54)16-36(50)51/h4-11,20,23H,2-3,12-18H2,1H3,(H,39,46)(H,40,52)(H,41,47)(H,48,49)(H,50,51)(H,53,54)/t20-,23-/m0/s1. The van der Waals surface area contributed by atoms with Gasteiger partial charge >= 0.3 is 17.9 Å². The van der Waals surface area contributed by atoms with Crippen LogP contribution in [0.3, 0.4) is 0 Å². The fraction of sp³-hybridized carbons (Fsp3) is 0.316. The molecule has 2 atom stereocenters. The van der Waals surface area contributed by atoms with Crippen molar-refractivity contribution >= 4 is 104 Å². The second-order valence-electron chi connectivity index (χ2n) is 12.8.